The molecule has 3 aromatic carbocycles. The van der Waals surface area contributed by atoms with Crippen molar-refractivity contribution in [3.05, 3.63) is 89.5 Å². The van der Waals surface area contributed by atoms with E-state index in [1.807, 2.05) is 45.0 Å². The third-order valence-corrected chi connectivity index (χ3v) is 6.23. The highest BCUT2D eigenvalue weighted by Crippen LogP contribution is 2.31. The van der Waals surface area contributed by atoms with Crippen LogP contribution in [-0.2, 0) is 23.1 Å². The molecule has 0 saturated carbocycles. The Morgan fingerprint density at radius 1 is 0.971 bits per heavy atom. The van der Waals surface area contributed by atoms with E-state index >= 15 is 0 Å². The summed E-state index contributed by atoms with van der Waals surface area (Å²) >= 11 is 0. The number of hydrogen-bond acceptors (Lipinski definition) is 5. The van der Waals surface area contributed by atoms with E-state index in [9.17, 15) is 13.2 Å². The van der Waals surface area contributed by atoms with E-state index in [1.165, 1.54) is 10.6 Å². The van der Waals surface area contributed by atoms with Crippen molar-refractivity contribution in [3.8, 4) is 11.5 Å². The standard InChI is InChI=1S/C27H32N2O5S/c1-5-33-26-12-7-6-11-25(26)29(35(4,31)32)19-21-13-15-23(16-14-21)27(30)28-18-22-9-8-10-24(17-22)34-20(2)3/h6-17,20H,5,18-19H2,1-4H3,(H,28,30). The second-order valence-electron chi connectivity index (χ2n) is 8.36. The maximum absolute atomic E-state index is 12.6. The maximum Gasteiger partial charge on any atom is 0.251 e. The first-order valence-electron chi connectivity index (χ1n) is 11.5. The quantitative estimate of drug-likeness (QED) is 0.413. The number of rotatable bonds is 11. The van der Waals surface area contributed by atoms with E-state index < -0.39 is 10.0 Å². The third kappa shape index (κ3) is 7.48. The molecule has 0 aliphatic heterocycles. The number of carbonyl (C=O) groups excluding carboxylic acids is 1. The molecule has 0 heterocycles. The largest absolute Gasteiger partial charge is 0.492 e. The van der Waals surface area contributed by atoms with Gasteiger partial charge in [0, 0.05) is 12.1 Å². The second-order valence-corrected chi connectivity index (χ2v) is 10.3. The Bertz CT molecular complexity index is 1240. The van der Waals surface area contributed by atoms with Crippen LogP contribution in [0.25, 0.3) is 0 Å². The number of hydrogen-bond donors (Lipinski definition) is 1. The molecule has 0 radical (unpaired) electrons. The molecule has 3 rings (SSSR count). The summed E-state index contributed by atoms with van der Waals surface area (Å²) in [4.78, 5) is 12.6. The van der Waals surface area contributed by atoms with Gasteiger partial charge in [-0.25, -0.2) is 8.42 Å². The SMILES string of the molecule is CCOc1ccccc1N(Cc1ccc(C(=O)NCc2cccc(OC(C)C)c2)cc1)S(C)(=O)=O. The fraction of sp³-hybridized carbons (Fsp3) is 0.296. The number of nitrogens with one attached hydrogen (secondary N) is 1. The van der Waals surface area contributed by atoms with E-state index in [0.29, 0.717) is 30.2 Å². The van der Waals surface area contributed by atoms with Crippen LogP contribution in [0.4, 0.5) is 5.69 Å². The highest BCUT2D eigenvalue weighted by Gasteiger charge is 2.21. The summed E-state index contributed by atoms with van der Waals surface area (Å²) < 4.78 is 37.8. The van der Waals surface area contributed by atoms with Gasteiger partial charge in [-0.3, -0.25) is 9.10 Å². The van der Waals surface area contributed by atoms with Crippen LogP contribution >= 0.6 is 0 Å². The van der Waals surface area contributed by atoms with Gasteiger partial charge in [-0.2, -0.15) is 0 Å². The van der Waals surface area contributed by atoms with Crippen LogP contribution in [-0.4, -0.2) is 33.3 Å². The number of para-hydroxylation sites is 2. The molecule has 0 unspecified atom stereocenters. The molecule has 35 heavy (non-hydrogen) atoms. The van der Waals surface area contributed by atoms with E-state index in [4.69, 9.17) is 9.47 Å². The molecule has 0 spiro atoms. The molecule has 1 N–H and O–H groups in total. The van der Waals surface area contributed by atoms with Gasteiger partial charge in [-0.05, 0) is 68.3 Å². The molecular formula is C27H32N2O5S. The molecule has 0 aliphatic rings. The molecule has 0 aliphatic carbocycles. The Labute approximate surface area is 207 Å². The Hall–Kier alpha value is -3.52. The van der Waals surface area contributed by atoms with Crippen LogP contribution in [0, 0.1) is 0 Å². The van der Waals surface area contributed by atoms with Crippen molar-refractivity contribution in [2.75, 3.05) is 17.2 Å². The van der Waals surface area contributed by atoms with Crippen LogP contribution in [0.5, 0.6) is 11.5 Å². The summed E-state index contributed by atoms with van der Waals surface area (Å²) in [5, 5.41) is 2.91. The molecule has 0 atom stereocenters. The fourth-order valence-electron chi connectivity index (χ4n) is 3.53. The summed E-state index contributed by atoms with van der Waals surface area (Å²) in [5.74, 6) is 1.05. The predicted molar refractivity (Wildman–Crippen MR) is 138 cm³/mol. The van der Waals surface area contributed by atoms with Gasteiger partial charge in [0.25, 0.3) is 5.91 Å². The van der Waals surface area contributed by atoms with Crippen molar-refractivity contribution in [1.29, 1.82) is 0 Å². The molecule has 3 aromatic rings. The summed E-state index contributed by atoms with van der Waals surface area (Å²) in [6.07, 6.45) is 1.24. The van der Waals surface area contributed by atoms with Gasteiger partial charge in [0.15, 0.2) is 0 Å². The first kappa shape index (κ1) is 26.1. The molecule has 0 fully saturated rings. The van der Waals surface area contributed by atoms with Gasteiger partial charge >= 0.3 is 0 Å². The minimum atomic E-state index is -3.57. The van der Waals surface area contributed by atoms with Gasteiger partial charge in [-0.1, -0.05) is 36.4 Å². The normalized spacial score (nSPS) is 11.2. The minimum Gasteiger partial charge on any atom is -0.492 e. The van der Waals surface area contributed by atoms with Gasteiger partial charge < -0.3 is 14.8 Å². The summed E-state index contributed by atoms with van der Waals surface area (Å²) in [6, 6.07) is 21.5. The Kier molecular flexibility index (Phi) is 8.76. The highest BCUT2D eigenvalue weighted by molar-refractivity contribution is 7.92. The lowest BCUT2D eigenvalue weighted by atomic mass is 10.1. The molecule has 7 nitrogen and oxygen atoms in total. The summed E-state index contributed by atoms with van der Waals surface area (Å²) in [5.41, 5.74) is 2.65. The minimum absolute atomic E-state index is 0.0737. The molecule has 0 bridgehead atoms. The fourth-order valence-corrected chi connectivity index (χ4v) is 4.43. The number of carbonyl (C=O) groups is 1. The van der Waals surface area contributed by atoms with Crippen LogP contribution in [0.3, 0.4) is 0 Å². The van der Waals surface area contributed by atoms with Gasteiger partial charge in [0.2, 0.25) is 10.0 Å². The zero-order valence-corrected chi connectivity index (χ0v) is 21.3. The van der Waals surface area contributed by atoms with Gasteiger partial charge in [0.05, 0.1) is 31.2 Å². The third-order valence-electron chi connectivity index (χ3n) is 5.10. The van der Waals surface area contributed by atoms with Crippen molar-refractivity contribution in [3.63, 3.8) is 0 Å². The smallest absolute Gasteiger partial charge is 0.251 e. The van der Waals surface area contributed by atoms with Crippen LogP contribution in [0.15, 0.2) is 72.8 Å². The molecule has 0 aromatic heterocycles. The molecule has 1 amide bonds. The number of nitrogens with zero attached hydrogens (tertiary/aromatic N) is 1. The van der Waals surface area contributed by atoms with Crippen LogP contribution in [0.1, 0.15) is 42.3 Å². The number of ether oxygens (including phenoxy) is 2. The van der Waals surface area contributed by atoms with E-state index in [2.05, 4.69) is 5.32 Å². The lowest BCUT2D eigenvalue weighted by molar-refractivity contribution is 0.0950. The Morgan fingerprint density at radius 3 is 2.34 bits per heavy atom. The maximum atomic E-state index is 12.6. The molecule has 8 heteroatoms. The number of amides is 1. The zero-order chi connectivity index (χ0) is 25.4. The molecular weight excluding hydrogens is 464 g/mol. The zero-order valence-electron chi connectivity index (χ0n) is 20.5. The van der Waals surface area contributed by atoms with Gasteiger partial charge in [0.1, 0.15) is 11.5 Å². The first-order valence-corrected chi connectivity index (χ1v) is 13.3. The second kappa shape index (κ2) is 11.8. The average Bonchev–Trinajstić information content (AvgIpc) is 2.81. The average molecular weight is 497 g/mol. The van der Waals surface area contributed by atoms with Crippen molar-refractivity contribution in [2.24, 2.45) is 0 Å². The highest BCUT2D eigenvalue weighted by atomic mass is 32.2. The monoisotopic (exact) mass is 496 g/mol. The summed E-state index contributed by atoms with van der Waals surface area (Å²) in [7, 11) is -3.57. The lowest BCUT2D eigenvalue weighted by Crippen LogP contribution is -2.29. The topological polar surface area (TPSA) is 84.9 Å². The van der Waals surface area contributed by atoms with E-state index in [1.54, 1.807) is 48.5 Å². The Morgan fingerprint density at radius 2 is 1.69 bits per heavy atom. The first-order chi connectivity index (χ1) is 16.7. The van der Waals surface area contributed by atoms with Crippen LogP contribution in [0.2, 0.25) is 0 Å². The van der Waals surface area contributed by atoms with Gasteiger partial charge in [-0.15, -0.1) is 0 Å². The molecule has 0 saturated heterocycles. The van der Waals surface area contributed by atoms with E-state index in [-0.39, 0.29) is 18.6 Å². The number of sulfonamides is 1. The number of anilines is 1. The Balaban J connectivity index is 1.69. The lowest BCUT2D eigenvalue weighted by Gasteiger charge is -2.24. The van der Waals surface area contributed by atoms with Crippen molar-refractivity contribution in [1.82, 2.24) is 5.32 Å². The molecule has 186 valence electrons. The van der Waals surface area contributed by atoms with Crippen molar-refractivity contribution < 1.29 is 22.7 Å². The summed E-state index contributed by atoms with van der Waals surface area (Å²) in [6.45, 7) is 6.68. The predicted octanol–water partition coefficient (Wildman–Crippen LogP) is 4.77. The van der Waals surface area contributed by atoms with Crippen molar-refractivity contribution in [2.45, 2.75) is 40.0 Å². The van der Waals surface area contributed by atoms with E-state index in [0.717, 1.165) is 16.9 Å². The van der Waals surface area contributed by atoms with Crippen LogP contribution < -0.4 is 19.1 Å². The number of benzene rings is 3. The van der Waals surface area contributed by atoms with Crippen molar-refractivity contribution >= 4 is 21.6 Å².